The van der Waals surface area contributed by atoms with Gasteiger partial charge < -0.3 is 20.9 Å². The topological polar surface area (TPSA) is 131 Å². The lowest BCUT2D eigenvalue weighted by Gasteiger charge is -2.65. The van der Waals surface area contributed by atoms with E-state index in [0.717, 1.165) is 6.42 Å². The van der Waals surface area contributed by atoms with Crippen LogP contribution < -0.4 is 16.0 Å². The van der Waals surface area contributed by atoms with Gasteiger partial charge in [-0.3, -0.25) is 19.2 Å². The van der Waals surface area contributed by atoms with Gasteiger partial charge in [-0.1, -0.05) is 12.2 Å². The van der Waals surface area contributed by atoms with Crippen molar-refractivity contribution in [3.63, 3.8) is 0 Å². The third-order valence-electron chi connectivity index (χ3n) is 9.98. The Bertz CT molecular complexity index is 1130. The minimum Gasteiger partial charge on any atom is -0.356 e. The summed E-state index contributed by atoms with van der Waals surface area (Å²) >= 11 is 0. The van der Waals surface area contributed by atoms with Crippen molar-refractivity contribution in [2.24, 2.45) is 40.9 Å². The summed E-state index contributed by atoms with van der Waals surface area (Å²) in [6.45, 7) is 0.723. The number of carbonyl (C=O) groups excluding carboxylic acids is 4. The first-order valence-electron chi connectivity index (χ1n) is 13.3. The van der Waals surface area contributed by atoms with Crippen molar-refractivity contribution in [3.05, 3.63) is 12.2 Å². The number of alkyl halides is 3. The number of nitrogens with zero attached hydrogens (tertiary/aromatic N) is 2. The van der Waals surface area contributed by atoms with Crippen LogP contribution in [0, 0.1) is 52.3 Å². The molecule has 0 aromatic heterocycles. The van der Waals surface area contributed by atoms with Crippen LogP contribution in [0.2, 0.25) is 0 Å². The zero-order valence-electron chi connectivity index (χ0n) is 20.7. The molecule has 3 N–H and O–H groups in total. The van der Waals surface area contributed by atoms with E-state index < -0.39 is 53.4 Å². The Morgan fingerprint density at radius 1 is 1.18 bits per heavy atom. The van der Waals surface area contributed by atoms with Gasteiger partial charge >= 0.3 is 12.1 Å². The maximum atomic E-state index is 14.0. The van der Waals surface area contributed by atoms with Crippen LogP contribution in [0.25, 0.3) is 0 Å². The first kappa shape index (κ1) is 25.2. The van der Waals surface area contributed by atoms with Crippen LogP contribution in [-0.2, 0) is 19.2 Å². The van der Waals surface area contributed by atoms with Crippen molar-refractivity contribution < 1.29 is 32.3 Å². The third-order valence-corrected chi connectivity index (χ3v) is 9.98. The molecular formula is C26H30F3N5O4. The fraction of sp³-hybridized carbons (Fsp3) is 0.731. The Hall–Kier alpha value is -3.10. The zero-order valence-corrected chi connectivity index (χ0v) is 20.7. The summed E-state index contributed by atoms with van der Waals surface area (Å²) in [4.78, 5) is 53.0. The van der Waals surface area contributed by atoms with Crippen LogP contribution in [0.1, 0.15) is 38.5 Å². The average molecular weight is 534 g/mol. The molecule has 6 fully saturated rings. The summed E-state index contributed by atoms with van der Waals surface area (Å²) < 4.78 is 39.6. The van der Waals surface area contributed by atoms with Crippen LogP contribution in [0.15, 0.2) is 12.2 Å². The largest absolute Gasteiger partial charge is 0.471 e. The number of rotatable bonds is 7. The number of amides is 4. The van der Waals surface area contributed by atoms with Crippen LogP contribution in [0.4, 0.5) is 13.2 Å². The molecule has 0 unspecified atom stereocenters. The van der Waals surface area contributed by atoms with Crippen LogP contribution >= 0.6 is 0 Å². The van der Waals surface area contributed by atoms with Gasteiger partial charge in [-0.15, -0.1) is 0 Å². The zero-order chi connectivity index (χ0) is 27.0. The maximum Gasteiger partial charge on any atom is 0.471 e. The predicted molar refractivity (Wildman–Crippen MR) is 124 cm³/mol. The van der Waals surface area contributed by atoms with E-state index in [0.29, 0.717) is 38.1 Å². The number of nitriles is 1. The predicted octanol–water partition coefficient (Wildman–Crippen LogP) is 1.02. The molecule has 7 aliphatic rings. The molecule has 12 heteroatoms. The maximum absolute atomic E-state index is 14.0. The molecule has 0 spiro atoms. The molecule has 2 heterocycles. The highest BCUT2D eigenvalue weighted by Gasteiger charge is 2.66. The van der Waals surface area contributed by atoms with Gasteiger partial charge in [0.2, 0.25) is 17.7 Å². The molecule has 0 radical (unpaired) electrons. The van der Waals surface area contributed by atoms with E-state index in [2.05, 4.69) is 16.7 Å². The highest BCUT2D eigenvalue weighted by molar-refractivity contribution is 5.95. The number of fused-ring (bicyclic) bond motifs is 5. The lowest BCUT2D eigenvalue weighted by Crippen LogP contribution is -2.69. The van der Waals surface area contributed by atoms with Crippen molar-refractivity contribution in [2.75, 3.05) is 13.1 Å². The van der Waals surface area contributed by atoms with Gasteiger partial charge in [-0.05, 0) is 68.1 Å². The van der Waals surface area contributed by atoms with Gasteiger partial charge in [0.1, 0.15) is 18.1 Å². The molecule has 9 nitrogen and oxygen atoms in total. The van der Waals surface area contributed by atoms with E-state index in [9.17, 15) is 37.6 Å². The molecule has 5 aliphatic carbocycles. The van der Waals surface area contributed by atoms with Gasteiger partial charge in [0.15, 0.2) is 0 Å². The monoisotopic (exact) mass is 533 g/mol. The molecule has 38 heavy (non-hydrogen) atoms. The van der Waals surface area contributed by atoms with E-state index in [4.69, 9.17) is 0 Å². The van der Waals surface area contributed by atoms with Gasteiger partial charge in [0, 0.05) is 24.4 Å². The summed E-state index contributed by atoms with van der Waals surface area (Å²) in [6, 6.07) is -1.21. The first-order chi connectivity index (χ1) is 18.0. The van der Waals surface area contributed by atoms with Crippen molar-refractivity contribution in [2.45, 2.75) is 62.8 Å². The minimum absolute atomic E-state index is 0.0159. The van der Waals surface area contributed by atoms with Crippen molar-refractivity contribution in [3.8, 4) is 6.07 Å². The Labute approximate surface area is 217 Å². The van der Waals surface area contributed by atoms with Crippen LogP contribution in [0.3, 0.4) is 0 Å². The SMILES string of the molecule is N#C[C@H](C[C@@H]1CCNC1=O)NC(=O)[C@@H]1[C@@H]2[C@H](CN1C(=O)[C@@H](NC(=O)C(F)(F)F)C13CC(C1)C3)[C@@H]1C=C[C@H]2C1. The summed E-state index contributed by atoms with van der Waals surface area (Å²) in [5.74, 6) is -3.55. The standard InChI is InChI=1S/C26H30F3N5O4/c27-26(28,29)24(38)33-20(25-7-12(8-25)9-25)23(37)34-11-17-13-1-2-14(5-13)18(17)19(34)22(36)32-16(10-30)6-15-3-4-31-21(15)35/h1-2,12-20H,3-9,11H2,(H,31,35)(H,32,36)(H,33,38)/t12?,13-,14+,15+,16+,17-,18+,19+,20-,25?/m1/s1. The lowest BCUT2D eigenvalue weighted by molar-refractivity contribution is -0.187. The normalized spacial score (nSPS) is 39.4. The molecule has 2 saturated heterocycles. The Kier molecular flexibility index (Phi) is 5.78. The van der Waals surface area contributed by atoms with Gasteiger partial charge in [0.05, 0.1) is 6.07 Å². The molecule has 7 rings (SSSR count). The van der Waals surface area contributed by atoms with E-state index >= 15 is 0 Å². The molecule has 0 aromatic rings. The van der Waals surface area contributed by atoms with Crippen molar-refractivity contribution >= 4 is 23.6 Å². The molecule has 8 atom stereocenters. The average Bonchev–Trinajstić information content (AvgIpc) is 3.57. The summed E-state index contributed by atoms with van der Waals surface area (Å²) in [7, 11) is 0. The highest BCUT2D eigenvalue weighted by atomic mass is 19.4. The van der Waals surface area contributed by atoms with Crippen molar-refractivity contribution in [1.82, 2.24) is 20.9 Å². The Morgan fingerprint density at radius 2 is 1.89 bits per heavy atom. The smallest absolute Gasteiger partial charge is 0.356 e. The van der Waals surface area contributed by atoms with Gasteiger partial charge in [-0.25, -0.2) is 0 Å². The van der Waals surface area contributed by atoms with Crippen LogP contribution in [-0.4, -0.2) is 65.9 Å². The quantitative estimate of drug-likeness (QED) is 0.421. The molecule has 4 saturated carbocycles. The van der Waals surface area contributed by atoms with E-state index in [1.807, 2.05) is 17.5 Å². The third kappa shape index (κ3) is 3.88. The highest BCUT2D eigenvalue weighted by Crippen LogP contribution is 2.66. The number of likely N-dealkylation sites (tertiary alicyclic amines) is 1. The van der Waals surface area contributed by atoms with Gasteiger partial charge in [0.25, 0.3) is 0 Å². The Balaban J connectivity index is 1.25. The fourth-order valence-corrected chi connectivity index (χ4v) is 8.09. The van der Waals surface area contributed by atoms with E-state index in [1.54, 1.807) is 0 Å². The number of halogens is 3. The number of allylic oxidation sites excluding steroid dienone is 2. The number of hydrogen-bond acceptors (Lipinski definition) is 5. The summed E-state index contributed by atoms with van der Waals surface area (Å²) in [5, 5.41) is 17.1. The summed E-state index contributed by atoms with van der Waals surface area (Å²) in [5.41, 5.74) is -0.705. The molecule has 4 amide bonds. The molecule has 4 bridgehead atoms. The van der Waals surface area contributed by atoms with Crippen molar-refractivity contribution in [1.29, 1.82) is 5.26 Å². The second kappa shape index (κ2) is 8.71. The van der Waals surface area contributed by atoms with E-state index in [1.165, 1.54) is 4.90 Å². The van der Waals surface area contributed by atoms with E-state index in [-0.39, 0.29) is 42.5 Å². The van der Waals surface area contributed by atoms with Gasteiger partial charge in [-0.2, -0.15) is 18.4 Å². The lowest BCUT2D eigenvalue weighted by atomic mass is 9.41. The fourth-order valence-electron chi connectivity index (χ4n) is 8.09. The minimum atomic E-state index is -5.13. The number of nitrogens with one attached hydrogen (secondary N) is 3. The molecule has 2 aliphatic heterocycles. The summed E-state index contributed by atoms with van der Waals surface area (Å²) in [6.07, 6.45) is 2.27. The number of hydrogen-bond donors (Lipinski definition) is 3. The molecule has 0 aromatic carbocycles. The molecular weight excluding hydrogens is 503 g/mol. The first-order valence-corrected chi connectivity index (χ1v) is 13.3. The second-order valence-electron chi connectivity index (χ2n) is 12.1. The second-order valence-corrected chi connectivity index (χ2v) is 12.1. The van der Waals surface area contributed by atoms with Crippen LogP contribution in [0.5, 0.6) is 0 Å². The Morgan fingerprint density at radius 3 is 2.47 bits per heavy atom. The molecule has 204 valence electrons. The number of carbonyl (C=O) groups is 4.